The average Bonchev–Trinajstić information content (AvgIpc) is 2.80. The lowest BCUT2D eigenvalue weighted by atomic mass is 10.0. The molecule has 0 spiro atoms. The third kappa shape index (κ3) is 2.46. The van der Waals surface area contributed by atoms with Crippen molar-refractivity contribution in [1.82, 2.24) is 0 Å². The summed E-state index contributed by atoms with van der Waals surface area (Å²) < 4.78 is 27.6. The van der Waals surface area contributed by atoms with Crippen molar-refractivity contribution < 1.29 is 39.4 Å². The number of hydrogen-bond acceptors (Lipinski definition) is 7. The zero-order chi connectivity index (χ0) is 14.1. The van der Waals surface area contributed by atoms with Crippen molar-refractivity contribution >= 4 is 0 Å². The van der Waals surface area contributed by atoms with Crippen LogP contribution in [0.15, 0.2) is 0 Å². The molecule has 118 valence electrons. The van der Waals surface area contributed by atoms with E-state index in [1.807, 2.05) is 0 Å². The van der Waals surface area contributed by atoms with E-state index >= 15 is 0 Å². The van der Waals surface area contributed by atoms with Crippen LogP contribution in [0.3, 0.4) is 0 Å². The fourth-order valence-electron chi connectivity index (χ4n) is 2.75. The van der Waals surface area contributed by atoms with Crippen molar-refractivity contribution in [1.29, 1.82) is 0 Å². The topological polar surface area (TPSA) is 118 Å². The molecule has 3 aliphatic heterocycles. The first kappa shape index (κ1) is 16.1. The van der Waals surface area contributed by atoms with Crippen molar-refractivity contribution in [2.24, 2.45) is 0 Å². The molecule has 8 nitrogen and oxygen atoms in total. The lowest BCUT2D eigenvalue weighted by Gasteiger charge is -2.31. The Morgan fingerprint density at radius 2 is 1.55 bits per heavy atom. The molecule has 3 fully saturated rings. The van der Waals surface area contributed by atoms with Gasteiger partial charge in [-0.3, -0.25) is 0 Å². The van der Waals surface area contributed by atoms with E-state index in [4.69, 9.17) is 23.7 Å². The summed E-state index contributed by atoms with van der Waals surface area (Å²) in [4.78, 5) is 0. The molecule has 3 saturated heterocycles. The van der Waals surface area contributed by atoms with Crippen LogP contribution in [-0.2, 0) is 23.7 Å². The minimum atomic E-state index is -2.17. The van der Waals surface area contributed by atoms with Crippen LogP contribution in [0, 0.1) is 0 Å². The highest BCUT2D eigenvalue weighted by atomic mass is 16.9. The second kappa shape index (κ2) is 4.59. The predicted molar refractivity (Wildman–Crippen MR) is 64.4 cm³/mol. The number of fused-ring (bicyclic) bond motifs is 1. The van der Waals surface area contributed by atoms with Crippen molar-refractivity contribution in [3.05, 3.63) is 0 Å². The lowest BCUT2D eigenvalue weighted by Crippen LogP contribution is -2.54. The van der Waals surface area contributed by atoms with Crippen molar-refractivity contribution in [3.63, 3.8) is 0 Å². The van der Waals surface area contributed by atoms with Gasteiger partial charge in [-0.1, -0.05) is 0 Å². The van der Waals surface area contributed by atoms with Crippen LogP contribution < -0.4 is 0 Å². The molecule has 0 aromatic rings. The Kier molecular flexibility index (Phi) is 3.68. The van der Waals surface area contributed by atoms with Crippen LogP contribution in [0.4, 0.5) is 0 Å². The summed E-state index contributed by atoms with van der Waals surface area (Å²) in [7, 11) is 0. The molecular formula is C12H22O8. The van der Waals surface area contributed by atoms with Gasteiger partial charge in [0, 0.05) is 0 Å². The standard InChI is InChI=1S/C12H20O7.H2O/c1-10(2)15-5-6(17-10)7-12(13,14)8-9(16-7)19-11(3,4)18-8;/h6-9,13-14H,5H2,1-4H3;1H2. The summed E-state index contributed by atoms with van der Waals surface area (Å²) in [6.07, 6.45) is -3.33. The molecule has 4 N–H and O–H groups in total. The van der Waals surface area contributed by atoms with Gasteiger partial charge in [0.15, 0.2) is 24.0 Å². The fourth-order valence-corrected chi connectivity index (χ4v) is 2.75. The van der Waals surface area contributed by atoms with Crippen molar-refractivity contribution in [2.75, 3.05) is 6.61 Å². The van der Waals surface area contributed by atoms with Crippen LogP contribution in [-0.4, -0.2) is 64.3 Å². The summed E-state index contributed by atoms with van der Waals surface area (Å²) >= 11 is 0. The minimum Gasteiger partial charge on any atom is -0.412 e. The van der Waals surface area contributed by atoms with Crippen LogP contribution in [0.25, 0.3) is 0 Å². The van der Waals surface area contributed by atoms with E-state index < -0.39 is 42.0 Å². The summed E-state index contributed by atoms with van der Waals surface area (Å²) in [6.45, 7) is 7.13. The zero-order valence-corrected chi connectivity index (χ0v) is 12.0. The maximum Gasteiger partial charge on any atom is 0.225 e. The number of rotatable bonds is 1. The van der Waals surface area contributed by atoms with Gasteiger partial charge < -0.3 is 39.4 Å². The monoisotopic (exact) mass is 294 g/mol. The van der Waals surface area contributed by atoms with Gasteiger partial charge in [-0.25, -0.2) is 0 Å². The maximum atomic E-state index is 10.3. The molecule has 0 aliphatic carbocycles. The Morgan fingerprint density at radius 3 is 2.05 bits per heavy atom. The molecule has 3 rings (SSSR count). The third-order valence-electron chi connectivity index (χ3n) is 3.54. The first-order chi connectivity index (χ1) is 8.61. The highest BCUT2D eigenvalue weighted by Gasteiger charge is 2.65. The van der Waals surface area contributed by atoms with Crippen LogP contribution in [0.2, 0.25) is 0 Å². The highest BCUT2D eigenvalue weighted by molar-refractivity contribution is 5.02. The average molecular weight is 294 g/mol. The molecular weight excluding hydrogens is 272 g/mol. The quantitative estimate of drug-likeness (QED) is 0.587. The highest BCUT2D eigenvalue weighted by Crippen LogP contribution is 2.44. The first-order valence-corrected chi connectivity index (χ1v) is 6.38. The first-order valence-electron chi connectivity index (χ1n) is 6.38. The molecule has 0 amide bonds. The second-order valence-corrected chi connectivity index (χ2v) is 6.13. The molecule has 8 heteroatoms. The van der Waals surface area contributed by atoms with E-state index in [1.54, 1.807) is 27.7 Å². The van der Waals surface area contributed by atoms with Crippen LogP contribution in [0.5, 0.6) is 0 Å². The van der Waals surface area contributed by atoms with Crippen LogP contribution >= 0.6 is 0 Å². The summed E-state index contributed by atoms with van der Waals surface area (Å²) in [5, 5.41) is 20.6. The normalized spacial score (nSPS) is 44.1. The van der Waals surface area contributed by atoms with Crippen LogP contribution in [0.1, 0.15) is 27.7 Å². The van der Waals surface area contributed by atoms with E-state index in [2.05, 4.69) is 0 Å². The summed E-state index contributed by atoms with van der Waals surface area (Å²) in [6, 6.07) is 0. The molecule has 4 unspecified atom stereocenters. The molecule has 0 saturated carbocycles. The largest absolute Gasteiger partial charge is 0.412 e. The number of ether oxygens (including phenoxy) is 5. The lowest BCUT2D eigenvalue weighted by molar-refractivity contribution is -0.297. The summed E-state index contributed by atoms with van der Waals surface area (Å²) in [5.41, 5.74) is 0. The van der Waals surface area contributed by atoms with Gasteiger partial charge in [-0.15, -0.1) is 0 Å². The van der Waals surface area contributed by atoms with E-state index in [0.29, 0.717) is 0 Å². The van der Waals surface area contributed by atoms with Gasteiger partial charge in [-0.2, -0.15) is 0 Å². The molecule has 0 bridgehead atoms. The van der Waals surface area contributed by atoms with E-state index in [-0.39, 0.29) is 12.1 Å². The molecule has 3 aliphatic rings. The van der Waals surface area contributed by atoms with Gasteiger partial charge in [0.25, 0.3) is 0 Å². The Balaban J connectivity index is 0.00000147. The molecule has 0 aromatic carbocycles. The van der Waals surface area contributed by atoms with Gasteiger partial charge in [0.05, 0.1) is 6.61 Å². The molecule has 0 aromatic heterocycles. The molecule has 4 atom stereocenters. The van der Waals surface area contributed by atoms with Crippen molar-refractivity contribution in [2.45, 2.75) is 69.7 Å². The number of hydrogen-bond donors (Lipinski definition) is 2. The Morgan fingerprint density at radius 1 is 0.900 bits per heavy atom. The Hall–Kier alpha value is -0.320. The van der Waals surface area contributed by atoms with Gasteiger partial charge in [0.1, 0.15) is 12.2 Å². The maximum absolute atomic E-state index is 10.3. The van der Waals surface area contributed by atoms with E-state index in [0.717, 1.165) is 0 Å². The smallest absolute Gasteiger partial charge is 0.225 e. The molecule has 20 heavy (non-hydrogen) atoms. The Bertz CT molecular complexity index is 380. The molecule has 3 heterocycles. The van der Waals surface area contributed by atoms with E-state index in [9.17, 15) is 10.2 Å². The van der Waals surface area contributed by atoms with E-state index in [1.165, 1.54) is 0 Å². The summed E-state index contributed by atoms with van der Waals surface area (Å²) in [5.74, 6) is -3.83. The van der Waals surface area contributed by atoms with Gasteiger partial charge in [0.2, 0.25) is 5.79 Å². The van der Waals surface area contributed by atoms with Gasteiger partial charge >= 0.3 is 0 Å². The predicted octanol–water partition coefficient (Wildman–Crippen LogP) is -1.13. The Labute approximate surface area is 116 Å². The van der Waals surface area contributed by atoms with Gasteiger partial charge in [-0.05, 0) is 27.7 Å². The fraction of sp³-hybridized carbons (Fsp3) is 1.00. The molecule has 0 radical (unpaired) electrons. The second-order valence-electron chi connectivity index (χ2n) is 6.13. The third-order valence-corrected chi connectivity index (χ3v) is 3.54. The zero-order valence-electron chi connectivity index (χ0n) is 12.0. The number of aliphatic hydroxyl groups is 2. The SMILES string of the molecule is CC1(C)OCC(C2OC3OC(C)(C)OC3C2(O)O)O1.O. The minimum absolute atomic E-state index is 0. The van der Waals surface area contributed by atoms with Crippen molar-refractivity contribution in [3.8, 4) is 0 Å².